The number of thiazole rings is 1. The van der Waals surface area contributed by atoms with Crippen molar-refractivity contribution in [1.82, 2.24) is 4.98 Å². The van der Waals surface area contributed by atoms with Gasteiger partial charge in [-0.25, -0.2) is 8.42 Å². The van der Waals surface area contributed by atoms with Crippen LogP contribution in [0.25, 0.3) is 54.3 Å². The molecule has 0 fully saturated rings. The molecular weight excluding hydrogens is 703 g/mol. The number of aromatic amines is 1. The number of aryl methyl sites for hydroxylation is 3. The molecule has 0 atom stereocenters. The first-order valence-corrected chi connectivity index (χ1v) is 19.9. The van der Waals surface area contributed by atoms with Crippen LogP contribution in [-0.2, 0) is 17.2 Å². The number of hydrogen-bond donors (Lipinski definition) is 1. The van der Waals surface area contributed by atoms with E-state index in [1.807, 2.05) is 30.0 Å². The minimum absolute atomic E-state index is 0.178. The predicted molar refractivity (Wildman–Crippen MR) is 217 cm³/mol. The van der Waals surface area contributed by atoms with Crippen LogP contribution in [0.15, 0.2) is 142 Å². The Morgan fingerprint density at radius 3 is 2.15 bits per heavy atom. The molecule has 0 aliphatic carbocycles. The number of H-pyrrole nitrogens is 1. The largest absolute Gasteiger partial charge is 0.744 e. The highest BCUT2D eigenvalue weighted by molar-refractivity contribution is 8.03. The standard InChI is InChI=1S/C36H27N3S2.C7H8O3S/c1-22-34(28-14-8-9-15-29(28)37-22)25(20-32-38(2)35-26-12-6-4-10-23(26)16-18-30(35)40-32)21-33-39(3)36-27-13-7-5-11-24(27)17-19-31(36)41-33;1-6-2-4-7(5-3-6)11(8,9)10/h4-21H,1-3H3;2-5H,1H3,(H,8,9,10)/b32-20+;. The summed E-state index contributed by atoms with van der Waals surface area (Å²) in [6.07, 6.45) is 4.76. The van der Waals surface area contributed by atoms with E-state index in [1.165, 1.54) is 86.7 Å². The number of rotatable bonds is 4. The first-order chi connectivity index (χ1) is 25.1. The molecule has 9 heteroatoms. The molecule has 6 aromatic carbocycles. The summed E-state index contributed by atoms with van der Waals surface area (Å²) in [5.74, 6) is 0. The average Bonchev–Trinajstić information content (AvgIpc) is 3.77. The third kappa shape index (κ3) is 6.20. The van der Waals surface area contributed by atoms with E-state index in [0.29, 0.717) is 0 Å². The van der Waals surface area contributed by atoms with E-state index >= 15 is 0 Å². The summed E-state index contributed by atoms with van der Waals surface area (Å²) < 4.78 is 34.8. The Balaban J connectivity index is 0.000000304. The number of aromatic nitrogens is 2. The number of anilines is 1. The fraction of sp³-hybridized carbons (Fsp3) is 0.0930. The lowest BCUT2D eigenvalue weighted by Gasteiger charge is -2.16. The lowest BCUT2D eigenvalue weighted by molar-refractivity contribution is -0.641. The highest BCUT2D eigenvalue weighted by Crippen LogP contribution is 2.49. The molecule has 0 bridgehead atoms. The Kier molecular flexibility index (Phi) is 8.75. The molecule has 0 spiro atoms. The number of fused-ring (bicyclic) bond motifs is 7. The maximum atomic E-state index is 10.4. The number of hydrogen-bond acceptors (Lipinski definition) is 6. The minimum atomic E-state index is -4.27. The van der Waals surface area contributed by atoms with Gasteiger partial charge in [0, 0.05) is 45.6 Å². The zero-order valence-electron chi connectivity index (χ0n) is 29.0. The summed E-state index contributed by atoms with van der Waals surface area (Å²) in [5.41, 5.74) is 8.30. The molecule has 0 amide bonds. The summed E-state index contributed by atoms with van der Waals surface area (Å²) >= 11 is 3.70. The van der Waals surface area contributed by atoms with Gasteiger partial charge in [-0.2, -0.15) is 4.57 Å². The molecule has 0 saturated carbocycles. The van der Waals surface area contributed by atoms with Crippen molar-refractivity contribution in [3.63, 3.8) is 0 Å². The Hall–Kier alpha value is -5.19. The molecule has 0 unspecified atom stereocenters. The van der Waals surface area contributed by atoms with Gasteiger partial charge in [-0.15, -0.1) is 0 Å². The van der Waals surface area contributed by atoms with Crippen molar-refractivity contribution in [2.24, 2.45) is 7.05 Å². The summed E-state index contributed by atoms with van der Waals surface area (Å²) in [6.45, 7) is 4.01. The molecule has 6 nitrogen and oxygen atoms in total. The molecule has 8 aromatic rings. The molecule has 1 aliphatic rings. The maximum Gasteiger partial charge on any atom is 0.263 e. The Morgan fingerprint density at radius 2 is 1.42 bits per heavy atom. The quantitative estimate of drug-likeness (QED) is 0.144. The van der Waals surface area contributed by atoms with Crippen LogP contribution in [0.4, 0.5) is 5.69 Å². The van der Waals surface area contributed by atoms with Crippen LogP contribution in [0.2, 0.25) is 0 Å². The number of nitrogens with one attached hydrogen (secondary N) is 1. The van der Waals surface area contributed by atoms with Crippen molar-refractivity contribution in [2.45, 2.75) is 23.6 Å². The molecule has 258 valence electrons. The van der Waals surface area contributed by atoms with Crippen LogP contribution >= 0.6 is 23.1 Å². The normalized spacial score (nSPS) is 14.1. The minimum Gasteiger partial charge on any atom is -0.744 e. The van der Waals surface area contributed by atoms with Crippen LogP contribution in [0.1, 0.15) is 21.8 Å². The molecule has 1 aliphatic heterocycles. The maximum absolute atomic E-state index is 10.4. The summed E-state index contributed by atoms with van der Waals surface area (Å²) in [7, 11) is 0.124. The van der Waals surface area contributed by atoms with Crippen LogP contribution < -0.4 is 9.47 Å². The monoisotopic (exact) mass is 737 g/mol. The number of nitrogens with zero attached hydrogens (tertiary/aromatic N) is 2. The van der Waals surface area contributed by atoms with Crippen LogP contribution in [0.5, 0.6) is 0 Å². The fourth-order valence-corrected chi connectivity index (χ4v) is 9.68. The van der Waals surface area contributed by atoms with E-state index in [-0.39, 0.29) is 4.90 Å². The third-order valence-corrected chi connectivity index (χ3v) is 12.7. The number of allylic oxidation sites excluding steroid dienone is 2. The van der Waals surface area contributed by atoms with Gasteiger partial charge < -0.3 is 14.4 Å². The van der Waals surface area contributed by atoms with Gasteiger partial charge in [-0.05, 0) is 72.7 Å². The number of benzene rings is 6. The van der Waals surface area contributed by atoms with E-state index < -0.39 is 10.1 Å². The second kappa shape index (κ2) is 13.4. The Bertz CT molecular complexity index is 2850. The van der Waals surface area contributed by atoms with Gasteiger partial charge in [0.1, 0.15) is 21.9 Å². The van der Waals surface area contributed by atoms with E-state index in [2.05, 4.69) is 145 Å². The summed E-state index contributed by atoms with van der Waals surface area (Å²) in [4.78, 5) is 7.12. The molecule has 52 heavy (non-hydrogen) atoms. The lowest BCUT2D eigenvalue weighted by atomic mass is 10.0. The third-order valence-electron chi connectivity index (χ3n) is 9.54. The van der Waals surface area contributed by atoms with E-state index in [1.54, 1.807) is 12.1 Å². The van der Waals surface area contributed by atoms with Crippen molar-refractivity contribution < 1.29 is 17.5 Å². The fourth-order valence-electron chi connectivity index (χ4n) is 6.97. The zero-order chi connectivity index (χ0) is 36.1. The van der Waals surface area contributed by atoms with Gasteiger partial charge in [0.15, 0.2) is 0 Å². The summed E-state index contributed by atoms with van der Waals surface area (Å²) in [5, 5.41) is 8.82. The van der Waals surface area contributed by atoms with Gasteiger partial charge in [-0.1, -0.05) is 114 Å². The zero-order valence-corrected chi connectivity index (χ0v) is 31.5. The first kappa shape index (κ1) is 33.9. The average molecular weight is 738 g/mol. The van der Waals surface area contributed by atoms with Gasteiger partial charge in [-0.3, -0.25) is 0 Å². The van der Waals surface area contributed by atoms with Gasteiger partial charge in [0.2, 0.25) is 5.52 Å². The van der Waals surface area contributed by atoms with Crippen molar-refractivity contribution in [1.29, 1.82) is 0 Å². The highest BCUT2D eigenvalue weighted by atomic mass is 32.2. The molecule has 3 heterocycles. The Labute approximate surface area is 311 Å². The van der Waals surface area contributed by atoms with E-state index in [4.69, 9.17) is 0 Å². The second-order valence-corrected chi connectivity index (χ2v) is 16.5. The van der Waals surface area contributed by atoms with Crippen LogP contribution in [0.3, 0.4) is 0 Å². The first-order valence-electron chi connectivity index (χ1n) is 16.8. The van der Waals surface area contributed by atoms with Gasteiger partial charge in [0.05, 0.1) is 21.0 Å². The van der Waals surface area contributed by atoms with Crippen molar-refractivity contribution >= 4 is 93.2 Å². The van der Waals surface area contributed by atoms with Gasteiger partial charge >= 0.3 is 0 Å². The van der Waals surface area contributed by atoms with E-state index in [9.17, 15) is 13.0 Å². The molecule has 9 rings (SSSR count). The SMILES string of the molecule is Cc1[nH]c2ccccc2c1C(=Cc1sc2ccc3ccccc3c2[n+]1C)/C=C1/Sc2ccc3ccccc3c2N1C.Cc1ccc(S(=O)(=O)[O-])cc1. The molecule has 2 aromatic heterocycles. The number of para-hydroxylation sites is 1. The second-order valence-electron chi connectivity index (χ2n) is 12.9. The van der Waals surface area contributed by atoms with Crippen LogP contribution in [-0.4, -0.2) is 25.0 Å². The molecular formula is C43H35N3O3S3. The Morgan fingerprint density at radius 1 is 0.788 bits per heavy atom. The van der Waals surface area contributed by atoms with Crippen LogP contribution in [0, 0.1) is 13.8 Å². The smallest absolute Gasteiger partial charge is 0.263 e. The van der Waals surface area contributed by atoms with Crippen molar-refractivity contribution in [2.75, 3.05) is 11.9 Å². The van der Waals surface area contributed by atoms with Crippen molar-refractivity contribution in [3.05, 3.63) is 154 Å². The number of thioether (sulfide) groups is 1. The molecule has 0 saturated heterocycles. The molecule has 0 radical (unpaired) electrons. The van der Waals surface area contributed by atoms with Crippen molar-refractivity contribution in [3.8, 4) is 0 Å². The topological polar surface area (TPSA) is 80.1 Å². The van der Waals surface area contributed by atoms with E-state index in [0.717, 1.165) is 11.1 Å². The summed E-state index contributed by atoms with van der Waals surface area (Å²) in [6, 6.07) is 40.8. The molecule has 1 N–H and O–H groups in total. The van der Waals surface area contributed by atoms with Gasteiger partial charge in [0.25, 0.3) is 5.01 Å². The highest BCUT2D eigenvalue weighted by Gasteiger charge is 2.26. The predicted octanol–water partition coefficient (Wildman–Crippen LogP) is 10.3. The lowest BCUT2D eigenvalue weighted by Crippen LogP contribution is -2.29.